The molecule has 1 N–H and O–H groups in total. The molecule has 18 heavy (non-hydrogen) atoms. The van der Waals surface area contributed by atoms with E-state index in [1.54, 1.807) is 18.5 Å². The maximum atomic E-state index is 12.8. The van der Waals surface area contributed by atoms with E-state index in [0.29, 0.717) is 11.3 Å². The van der Waals surface area contributed by atoms with Crippen molar-refractivity contribution in [2.45, 2.75) is 0 Å². The third-order valence-corrected chi connectivity index (χ3v) is 3.03. The Morgan fingerprint density at radius 1 is 1.39 bits per heavy atom. The molecule has 88 valence electrons. The monoisotopic (exact) mass is 258 g/mol. The molecule has 0 aliphatic heterocycles. The second-order valence-electron chi connectivity index (χ2n) is 3.59. The van der Waals surface area contributed by atoms with E-state index < -0.39 is 0 Å². The van der Waals surface area contributed by atoms with Gasteiger partial charge in [0, 0.05) is 29.5 Å². The van der Waals surface area contributed by atoms with Gasteiger partial charge in [0.2, 0.25) is 5.82 Å². The van der Waals surface area contributed by atoms with Crippen molar-refractivity contribution >= 4 is 23.4 Å². The molecule has 0 atom stereocenters. The van der Waals surface area contributed by atoms with E-state index in [1.807, 2.05) is 12.3 Å². The number of rotatable bonds is 2. The van der Waals surface area contributed by atoms with Crippen LogP contribution in [0, 0.1) is 12.3 Å². The smallest absolute Gasteiger partial charge is 0.207 e. The van der Waals surface area contributed by atoms with Gasteiger partial charge in [0.15, 0.2) is 18.0 Å². The van der Waals surface area contributed by atoms with Crippen LogP contribution >= 0.6 is 12.3 Å². The van der Waals surface area contributed by atoms with Crippen LogP contribution in [0.1, 0.15) is 5.82 Å². The van der Waals surface area contributed by atoms with E-state index in [9.17, 15) is 3.89 Å². The molecule has 6 heteroatoms. The van der Waals surface area contributed by atoms with Crippen LogP contribution in [-0.2, 0) is 0 Å². The van der Waals surface area contributed by atoms with E-state index in [0.717, 1.165) is 10.9 Å². The Balaban J connectivity index is 2.37. The summed E-state index contributed by atoms with van der Waals surface area (Å²) in [6, 6.07) is 3.65. The van der Waals surface area contributed by atoms with Gasteiger partial charge in [0.05, 0.1) is 5.69 Å². The largest absolute Gasteiger partial charge is 0.367 e. The number of nitrogens with zero attached hydrogens (tertiary/aromatic N) is 3. The normalized spacial score (nSPS) is 10.7. The summed E-state index contributed by atoms with van der Waals surface area (Å²) in [4.78, 5) is 11.4. The van der Waals surface area contributed by atoms with Crippen LogP contribution in [0.15, 0.2) is 30.7 Å². The van der Waals surface area contributed by atoms with Gasteiger partial charge < -0.3 is 4.98 Å². The Kier molecular flexibility index (Phi) is 2.54. The number of fused-ring (bicyclic) bond motifs is 1. The summed E-state index contributed by atoms with van der Waals surface area (Å²) >= 11 is 0.0801. The molecule has 0 spiro atoms. The van der Waals surface area contributed by atoms with Crippen LogP contribution in [0.25, 0.3) is 22.3 Å². The highest BCUT2D eigenvalue weighted by atomic mass is 32.2. The van der Waals surface area contributed by atoms with Gasteiger partial charge in [-0.15, -0.1) is 10.3 Å². The van der Waals surface area contributed by atoms with Gasteiger partial charge in [0.25, 0.3) is 0 Å². The van der Waals surface area contributed by atoms with Crippen LogP contribution in [0.5, 0.6) is 0 Å². The zero-order valence-electron chi connectivity index (χ0n) is 9.09. The Morgan fingerprint density at radius 2 is 2.28 bits per heavy atom. The summed E-state index contributed by atoms with van der Waals surface area (Å²) < 4.78 is 14.1. The first-order chi connectivity index (χ1) is 8.83. The van der Waals surface area contributed by atoms with Gasteiger partial charge in [-0.25, -0.2) is 13.9 Å². The van der Waals surface area contributed by atoms with Crippen molar-refractivity contribution in [3.63, 3.8) is 0 Å². The number of H-pyrrole nitrogens is 1. The average Bonchev–Trinajstić information content (AvgIpc) is 3.06. The number of terminal acetylenes is 1. The first-order valence-electron chi connectivity index (χ1n) is 5.11. The minimum atomic E-state index is 0.0801. The van der Waals surface area contributed by atoms with Crippen molar-refractivity contribution < 1.29 is 3.89 Å². The Bertz CT molecular complexity index is 739. The predicted molar refractivity (Wildman–Crippen MR) is 69.3 cm³/mol. The fourth-order valence-electron chi connectivity index (χ4n) is 1.80. The van der Waals surface area contributed by atoms with E-state index >= 15 is 0 Å². The van der Waals surface area contributed by atoms with E-state index in [-0.39, 0.29) is 18.2 Å². The number of hydrogen-bond acceptors (Lipinski definition) is 3. The highest BCUT2D eigenvalue weighted by Crippen LogP contribution is 2.28. The van der Waals surface area contributed by atoms with Gasteiger partial charge in [-0.2, -0.15) is 0 Å². The number of aromatic amines is 1. The molecule has 0 unspecified atom stereocenters. The zero-order chi connectivity index (χ0) is 12.5. The quantitative estimate of drug-likeness (QED) is 0.719. The summed E-state index contributed by atoms with van der Waals surface area (Å²) in [5.74, 6) is 2.63. The average molecular weight is 258 g/mol. The van der Waals surface area contributed by atoms with Crippen LogP contribution in [0.3, 0.4) is 0 Å². The van der Waals surface area contributed by atoms with Gasteiger partial charge in [0.1, 0.15) is 0 Å². The Morgan fingerprint density at radius 3 is 2.94 bits per heavy atom. The molecular weight excluding hydrogens is 251 g/mol. The molecule has 0 fully saturated rings. The van der Waals surface area contributed by atoms with Crippen LogP contribution in [-0.4, -0.2) is 18.9 Å². The number of nitrogens with one attached hydrogen (secondary N) is 1. The lowest BCUT2D eigenvalue weighted by molar-refractivity contribution is 0.919. The SMILES string of the molecule is C#Cc1nc(-c2cc[nH]c2)c2ccn(SF)c2n1. The van der Waals surface area contributed by atoms with Gasteiger partial charge in [-0.05, 0) is 18.1 Å². The van der Waals surface area contributed by atoms with Gasteiger partial charge >= 0.3 is 0 Å². The van der Waals surface area contributed by atoms with E-state index in [1.165, 1.54) is 3.97 Å². The fraction of sp³-hybridized carbons (Fsp3) is 0. The predicted octanol–water partition coefficient (Wildman–Crippen LogP) is 2.79. The summed E-state index contributed by atoms with van der Waals surface area (Å²) in [6.45, 7) is 0. The summed E-state index contributed by atoms with van der Waals surface area (Å²) in [5.41, 5.74) is 2.06. The highest BCUT2D eigenvalue weighted by Gasteiger charge is 2.13. The second-order valence-corrected chi connectivity index (χ2v) is 4.12. The van der Waals surface area contributed by atoms with Crippen molar-refractivity contribution in [2.24, 2.45) is 0 Å². The summed E-state index contributed by atoms with van der Waals surface area (Å²) in [7, 11) is 0. The van der Waals surface area contributed by atoms with Gasteiger partial charge in [-0.1, -0.05) is 0 Å². The van der Waals surface area contributed by atoms with Gasteiger partial charge in [-0.3, -0.25) is 0 Å². The molecule has 3 rings (SSSR count). The first-order valence-corrected chi connectivity index (χ1v) is 5.79. The number of hydrogen-bond donors (Lipinski definition) is 1. The third-order valence-electron chi connectivity index (χ3n) is 2.59. The lowest BCUT2D eigenvalue weighted by Gasteiger charge is -2.02. The summed E-state index contributed by atoms with van der Waals surface area (Å²) in [5, 5.41) is 0.763. The molecule has 0 aliphatic rings. The third kappa shape index (κ3) is 1.57. The van der Waals surface area contributed by atoms with Crippen molar-refractivity contribution in [1.29, 1.82) is 0 Å². The highest BCUT2D eigenvalue weighted by molar-refractivity contribution is 7.92. The molecule has 0 amide bonds. The van der Waals surface area contributed by atoms with E-state index in [2.05, 4.69) is 20.9 Å². The topological polar surface area (TPSA) is 46.5 Å². The van der Waals surface area contributed by atoms with Crippen molar-refractivity contribution in [3.05, 3.63) is 36.5 Å². The number of aromatic nitrogens is 4. The van der Waals surface area contributed by atoms with Crippen molar-refractivity contribution in [2.75, 3.05) is 0 Å². The molecule has 0 saturated carbocycles. The molecular formula is C12H7FN4S. The molecule has 0 saturated heterocycles. The lowest BCUT2D eigenvalue weighted by atomic mass is 10.2. The minimum absolute atomic E-state index is 0.0801. The molecule has 0 aliphatic carbocycles. The van der Waals surface area contributed by atoms with Crippen LogP contribution in [0.2, 0.25) is 0 Å². The lowest BCUT2D eigenvalue weighted by Crippen LogP contribution is -1.95. The first kappa shape index (κ1) is 10.9. The molecule has 3 aromatic rings. The molecule has 3 aromatic heterocycles. The molecule has 0 aromatic carbocycles. The van der Waals surface area contributed by atoms with Crippen LogP contribution in [0.4, 0.5) is 3.89 Å². The fourth-order valence-corrected chi connectivity index (χ4v) is 2.11. The van der Waals surface area contributed by atoms with Crippen LogP contribution < -0.4 is 0 Å². The Hall–Kier alpha value is -2.26. The maximum Gasteiger partial charge on any atom is 0.207 e. The Labute approximate surface area is 107 Å². The second kappa shape index (κ2) is 4.20. The zero-order valence-corrected chi connectivity index (χ0v) is 9.91. The molecule has 0 radical (unpaired) electrons. The van der Waals surface area contributed by atoms with Crippen molar-refractivity contribution in [1.82, 2.24) is 18.9 Å². The summed E-state index contributed by atoms with van der Waals surface area (Å²) in [6.07, 6.45) is 10.5. The molecule has 3 heterocycles. The van der Waals surface area contributed by atoms with Crippen molar-refractivity contribution in [3.8, 4) is 23.6 Å². The molecule has 0 bridgehead atoms. The maximum absolute atomic E-state index is 12.8. The van der Waals surface area contributed by atoms with E-state index in [4.69, 9.17) is 6.42 Å². The minimum Gasteiger partial charge on any atom is -0.367 e. The number of halogens is 1. The standard InChI is InChI=1S/C12H7FN4S/c1-2-10-15-11(8-3-5-14-7-8)9-4-6-17(18-13)12(9)16-10/h1,3-7,14H. The molecule has 4 nitrogen and oxygen atoms in total.